The lowest BCUT2D eigenvalue weighted by atomic mass is 10.2. The van der Waals surface area contributed by atoms with E-state index in [1.54, 1.807) is 0 Å². The van der Waals surface area contributed by atoms with E-state index in [0.29, 0.717) is 13.1 Å². The van der Waals surface area contributed by atoms with Gasteiger partial charge in [0.15, 0.2) is 0 Å². The molecule has 0 aliphatic heterocycles. The minimum Gasteiger partial charge on any atom is -0.462 e. The van der Waals surface area contributed by atoms with E-state index >= 15 is 0 Å². The summed E-state index contributed by atoms with van der Waals surface area (Å²) in [5, 5.41) is 4.50. The molecule has 0 saturated carbocycles. The van der Waals surface area contributed by atoms with Gasteiger partial charge < -0.3 is 10.2 Å². The summed E-state index contributed by atoms with van der Waals surface area (Å²) in [6, 6.07) is 2.04. The number of rotatable bonds is 3. The van der Waals surface area contributed by atoms with Gasteiger partial charge in [-0.3, -0.25) is 4.68 Å². The molecule has 2 N–H and O–H groups in total. The molecule has 2 heterocycles. The third-order valence-electron chi connectivity index (χ3n) is 3.31. The highest BCUT2D eigenvalue weighted by Gasteiger charge is 2.11. The number of furan rings is 1. The van der Waals surface area contributed by atoms with Gasteiger partial charge in [0.05, 0.1) is 18.8 Å². The standard InChI is InChI=1S/C13H19N3O/c1-8-5-12(17-13(8)6-14)7-16-11(4)9(2)10(3)15-16/h5H,6-7,14H2,1-4H3. The Hall–Kier alpha value is -1.55. The smallest absolute Gasteiger partial charge is 0.126 e. The summed E-state index contributed by atoms with van der Waals surface area (Å²) in [6.07, 6.45) is 0. The molecule has 0 aliphatic rings. The Kier molecular flexibility index (Phi) is 3.07. The van der Waals surface area contributed by atoms with Crippen LogP contribution in [0.3, 0.4) is 0 Å². The number of nitrogens with two attached hydrogens (primary N) is 1. The third-order valence-corrected chi connectivity index (χ3v) is 3.31. The van der Waals surface area contributed by atoms with Crippen LogP contribution >= 0.6 is 0 Å². The second-order valence-electron chi connectivity index (χ2n) is 4.48. The van der Waals surface area contributed by atoms with Crippen LogP contribution in [0.4, 0.5) is 0 Å². The molecular formula is C13H19N3O. The number of aromatic nitrogens is 2. The predicted molar refractivity (Wildman–Crippen MR) is 66.9 cm³/mol. The summed E-state index contributed by atoms with van der Waals surface area (Å²) in [6.45, 7) is 9.32. The Morgan fingerprint density at radius 1 is 1.29 bits per heavy atom. The van der Waals surface area contributed by atoms with Gasteiger partial charge in [-0.15, -0.1) is 0 Å². The fourth-order valence-corrected chi connectivity index (χ4v) is 1.96. The van der Waals surface area contributed by atoms with Crippen molar-refractivity contribution in [1.29, 1.82) is 0 Å². The first kappa shape index (κ1) is 11.9. The molecule has 0 bridgehead atoms. The minimum atomic E-state index is 0.446. The van der Waals surface area contributed by atoms with Gasteiger partial charge in [-0.1, -0.05) is 0 Å². The van der Waals surface area contributed by atoms with Gasteiger partial charge in [0.1, 0.15) is 11.5 Å². The zero-order valence-corrected chi connectivity index (χ0v) is 10.9. The van der Waals surface area contributed by atoms with Gasteiger partial charge in [-0.25, -0.2) is 0 Å². The predicted octanol–water partition coefficient (Wildman–Crippen LogP) is 2.22. The molecule has 0 spiro atoms. The Bertz CT molecular complexity index is 537. The van der Waals surface area contributed by atoms with Crippen LogP contribution in [0, 0.1) is 27.7 Å². The topological polar surface area (TPSA) is 57.0 Å². The van der Waals surface area contributed by atoms with E-state index in [2.05, 4.69) is 18.9 Å². The van der Waals surface area contributed by atoms with Crippen molar-refractivity contribution in [1.82, 2.24) is 9.78 Å². The minimum absolute atomic E-state index is 0.446. The molecule has 0 fully saturated rings. The van der Waals surface area contributed by atoms with Crippen molar-refractivity contribution in [3.05, 3.63) is 40.1 Å². The number of aryl methyl sites for hydroxylation is 2. The van der Waals surface area contributed by atoms with Gasteiger partial charge in [0.25, 0.3) is 0 Å². The van der Waals surface area contributed by atoms with E-state index < -0.39 is 0 Å². The summed E-state index contributed by atoms with van der Waals surface area (Å²) in [7, 11) is 0. The van der Waals surface area contributed by atoms with Crippen LogP contribution in [0.25, 0.3) is 0 Å². The first-order chi connectivity index (χ1) is 8.02. The highest BCUT2D eigenvalue weighted by atomic mass is 16.3. The van der Waals surface area contributed by atoms with Crippen LogP contribution < -0.4 is 5.73 Å². The Morgan fingerprint density at radius 2 is 2.00 bits per heavy atom. The molecule has 2 aromatic heterocycles. The van der Waals surface area contributed by atoms with Crippen LogP contribution in [-0.4, -0.2) is 9.78 Å². The summed E-state index contributed by atoms with van der Waals surface area (Å²) in [4.78, 5) is 0. The summed E-state index contributed by atoms with van der Waals surface area (Å²) in [5.74, 6) is 1.77. The van der Waals surface area contributed by atoms with Crippen molar-refractivity contribution >= 4 is 0 Å². The zero-order valence-electron chi connectivity index (χ0n) is 10.9. The van der Waals surface area contributed by atoms with Crippen LogP contribution in [0.2, 0.25) is 0 Å². The summed E-state index contributed by atoms with van der Waals surface area (Å²) >= 11 is 0. The number of hydrogen-bond donors (Lipinski definition) is 1. The largest absolute Gasteiger partial charge is 0.462 e. The Balaban J connectivity index is 2.28. The van der Waals surface area contributed by atoms with Crippen molar-refractivity contribution in [2.45, 2.75) is 40.8 Å². The molecule has 4 nitrogen and oxygen atoms in total. The maximum atomic E-state index is 5.69. The highest BCUT2D eigenvalue weighted by Crippen LogP contribution is 2.17. The fraction of sp³-hybridized carbons (Fsp3) is 0.462. The first-order valence-corrected chi connectivity index (χ1v) is 5.81. The van der Waals surface area contributed by atoms with Crippen molar-refractivity contribution in [2.24, 2.45) is 5.73 Å². The normalized spacial score (nSPS) is 11.1. The molecule has 2 aromatic rings. The lowest BCUT2D eigenvalue weighted by Crippen LogP contribution is -2.03. The van der Waals surface area contributed by atoms with Gasteiger partial charge in [0.2, 0.25) is 0 Å². The highest BCUT2D eigenvalue weighted by molar-refractivity contribution is 5.24. The average molecular weight is 233 g/mol. The van der Waals surface area contributed by atoms with Crippen LogP contribution in [0.5, 0.6) is 0 Å². The molecule has 0 radical (unpaired) electrons. The lowest BCUT2D eigenvalue weighted by Gasteiger charge is -2.01. The average Bonchev–Trinajstić information content (AvgIpc) is 2.76. The summed E-state index contributed by atoms with van der Waals surface area (Å²) in [5.41, 5.74) is 10.2. The van der Waals surface area contributed by atoms with Crippen LogP contribution in [0.15, 0.2) is 10.5 Å². The van der Waals surface area contributed by atoms with Gasteiger partial charge in [-0.05, 0) is 44.9 Å². The first-order valence-electron chi connectivity index (χ1n) is 5.81. The van der Waals surface area contributed by atoms with Gasteiger partial charge in [0, 0.05) is 5.69 Å². The second kappa shape index (κ2) is 4.37. The van der Waals surface area contributed by atoms with Crippen molar-refractivity contribution < 1.29 is 4.42 Å². The van der Waals surface area contributed by atoms with E-state index in [9.17, 15) is 0 Å². The molecule has 0 amide bonds. The number of hydrogen-bond acceptors (Lipinski definition) is 3. The molecule has 0 unspecified atom stereocenters. The maximum Gasteiger partial charge on any atom is 0.126 e. The molecule has 0 saturated heterocycles. The van der Waals surface area contributed by atoms with Crippen molar-refractivity contribution in [3.63, 3.8) is 0 Å². The Labute approximate surface area is 101 Å². The zero-order chi connectivity index (χ0) is 12.6. The quantitative estimate of drug-likeness (QED) is 0.884. The fourth-order valence-electron chi connectivity index (χ4n) is 1.96. The van der Waals surface area contributed by atoms with E-state index in [-0.39, 0.29) is 0 Å². The number of nitrogens with zero attached hydrogens (tertiary/aromatic N) is 2. The van der Waals surface area contributed by atoms with E-state index in [1.807, 2.05) is 24.6 Å². The monoisotopic (exact) mass is 233 g/mol. The van der Waals surface area contributed by atoms with E-state index in [0.717, 1.165) is 22.8 Å². The van der Waals surface area contributed by atoms with Crippen LogP contribution in [-0.2, 0) is 13.1 Å². The second-order valence-corrected chi connectivity index (χ2v) is 4.48. The molecule has 0 atom stereocenters. The third kappa shape index (κ3) is 2.13. The van der Waals surface area contributed by atoms with E-state index in [1.165, 1.54) is 11.3 Å². The molecular weight excluding hydrogens is 214 g/mol. The van der Waals surface area contributed by atoms with Gasteiger partial charge in [-0.2, -0.15) is 5.10 Å². The SMILES string of the molecule is Cc1cc(Cn2nc(C)c(C)c2C)oc1CN. The molecule has 2 rings (SSSR count). The summed E-state index contributed by atoms with van der Waals surface area (Å²) < 4.78 is 7.66. The van der Waals surface area contributed by atoms with Crippen LogP contribution in [0.1, 0.15) is 34.0 Å². The molecule has 17 heavy (non-hydrogen) atoms. The maximum absolute atomic E-state index is 5.69. The molecule has 0 aromatic carbocycles. The van der Waals surface area contributed by atoms with E-state index in [4.69, 9.17) is 10.2 Å². The molecule has 0 aliphatic carbocycles. The van der Waals surface area contributed by atoms with Crippen molar-refractivity contribution in [2.75, 3.05) is 0 Å². The Morgan fingerprint density at radius 3 is 2.47 bits per heavy atom. The lowest BCUT2D eigenvalue weighted by molar-refractivity contribution is 0.441. The molecule has 92 valence electrons. The van der Waals surface area contributed by atoms with Gasteiger partial charge >= 0.3 is 0 Å². The van der Waals surface area contributed by atoms with Crippen molar-refractivity contribution in [3.8, 4) is 0 Å². The molecule has 4 heteroatoms.